The van der Waals surface area contributed by atoms with Crippen molar-refractivity contribution in [3.63, 3.8) is 0 Å². The lowest BCUT2D eigenvalue weighted by molar-refractivity contribution is 0.0698. The van der Waals surface area contributed by atoms with Crippen molar-refractivity contribution in [3.05, 3.63) is 29.3 Å². The Balaban J connectivity index is 3.10. The van der Waals surface area contributed by atoms with Gasteiger partial charge in [-0.05, 0) is 18.1 Å². The highest BCUT2D eigenvalue weighted by atomic mass is 35.5. The second-order valence-electron chi connectivity index (χ2n) is 2.62. The standard InChI is InChI=1S/C9H10ClNO2/c10-5-4-6-2-1-3-7(8(6)11)9(12)13/h1-3H,4-5,11H2,(H,12,13). The number of halogens is 1. The normalized spacial score (nSPS) is 9.92. The summed E-state index contributed by atoms with van der Waals surface area (Å²) in [5.41, 5.74) is 6.87. The van der Waals surface area contributed by atoms with Crippen molar-refractivity contribution in [2.75, 3.05) is 11.6 Å². The molecule has 0 bridgehead atoms. The lowest BCUT2D eigenvalue weighted by Crippen LogP contribution is -2.05. The summed E-state index contributed by atoms with van der Waals surface area (Å²) in [6.45, 7) is 0. The van der Waals surface area contributed by atoms with Gasteiger partial charge in [0.15, 0.2) is 0 Å². The second kappa shape index (κ2) is 4.14. The molecule has 0 aliphatic heterocycles. The summed E-state index contributed by atoms with van der Waals surface area (Å²) in [4.78, 5) is 10.7. The van der Waals surface area contributed by atoms with Gasteiger partial charge in [-0.2, -0.15) is 0 Å². The molecule has 0 aliphatic rings. The van der Waals surface area contributed by atoms with Crippen LogP contribution in [-0.2, 0) is 6.42 Å². The summed E-state index contributed by atoms with van der Waals surface area (Å²) in [6.07, 6.45) is 0.592. The first kappa shape index (κ1) is 9.86. The van der Waals surface area contributed by atoms with Crippen LogP contribution >= 0.6 is 11.6 Å². The van der Waals surface area contributed by atoms with Crippen LogP contribution in [-0.4, -0.2) is 17.0 Å². The van der Waals surface area contributed by atoms with Crippen LogP contribution in [0, 0.1) is 0 Å². The fourth-order valence-electron chi connectivity index (χ4n) is 1.12. The van der Waals surface area contributed by atoms with Crippen LogP contribution in [0.25, 0.3) is 0 Å². The van der Waals surface area contributed by atoms with Gasteiger partial charge >= 0.3 is 5.97 Å². The van der Waals surface area contributed by atoms with E-state index in [0.717, 1.165) is 5.56 Å². The smallest absolute Gasteiger partial charge is 0.337 e. The van der Waals surface area contributed by atoms with Gasteiger partial charge in [-0.3, -0.25) is 0 Å². The summed E-state index contributed by atoms with van der Waals surface area (Å²) < 4.78 is 0. The van der Waals surface area contributed by atoms with Crippen LogP contribution in [0.4, 0.5) is 5.69 Å². The number of hydrogen-bond donors (Lipinski definition) is 2. The van der Waals surface area contributed by atoms with E-state index >= 15 is 0 Å². The SMILES string of the molecule is Nc1c(CCCl)cccc1C(=O)O. The van der Waals surface area contributed by atoms with Crippen LogP contribution in [0.5, 0.6) is 0 Å². The number of aromatic carboxylic acids is 1. The number of nitrogen functional groups attached to an aromatic ring is 1. The molecule has 1 aromatic carbocycles. The number of para-hydroxylation sites is 1. The Bertz CT molecular complexity index is 325. The third kappa shape index (κ3) is 2.12. The Kier molecular flexibility index (Phi) is 3.14. The summed E-state index contributed by atoms with van der Waals surface area (Å²) in [6, 6.07) is 4.93. The van der Waals surface area contributed by atoms with Gasteiger partial charge in [-0.1, -0.05) is 12.1 Å². The topological polar surface area (TPSA) is 63.3 Å². The zero-order chi connectivity index (χ0) is 9.84. The highest BCUT2D eigenvalue weighted by molar-refractivity contribution is 6.18. The number of benzene rings is 1. The Morgan fingerprint density at radius 2 is 2.23 bits per heavy atom. The number of hydrogen-bond acceptors (Lipinski definition) is 2. The van der Waals surface area contributed by atoms with Gasteiger partial charge in [0.2, 0.25) is 0 Å². The fraction of sp³-hybridized carbons (Fsp3) is 0.222. The Labute approximate surface area is 81.1 Å². The van der Waals surface area contributed by atoms with Gasteiger partial charge in [0.25, 0.3) is 0 Å². The van der Waals surface area contributed by atoms with Crippen LogP contribution in [0.1, 0.15) is 15.9 Å². The average Bonchev–Trinajstić information content (AvgIpc) is 2.08. The van der Waals surface area contributed by atoms with E-state index in [1.54, 1.807) is 12.1 Å². The van der Waals surface area contributed by atoms with Gasteiger partial charge in [-0.25, -0.2) is 4.79 Å². The first-order chi connectivity index (χ1) is 6.16. The molecule has 0 aromatic heterocycles. The van der Waals surface area contributed by atoms with Crippen LogP contribution in [0.15, 0.2) is 18.2 Å². The van der Waals surface area contributed by atoms with Gasteiger partial charge < -0.3 is 10.8 Å². The van der Waals surface area contributed by atoms with E-state index in [2.05, 4.69) is 0 Å². The Hall–Kier alpha value is -1.22. The minimum absolute atomic E-state index is 0.141. The summed E-state index contributed by atoms with van der Waals surface area (Å²) in [7, 11) is 0. The molecule has 4 heteroatoms. The monoisotopic (exact) mass is 199 g/mol. The highest BCUT2D eigenvalue weighted by Gasteiger charge is 2.09. The molecule has 0 radical (unpaired) electrons. The molecule has 0 atom stereocenters. The first-order valence-electron chi connectivity index (χ1n) is 3.83. The van der Waals surface area contributed by atoms with E-state index in [-0.39, 0.29) is 5.56 Å². The molecule has 0 unspecified atom stereocenters. The van der Waals surface area contributed by atoms with Crippen LogP contribution in [0.2, 0.25) is 0 Å². The van der Waals surface area contributed by atoms with Crippen molar-refractivity contribution < 1.29 is 9.90 Å². The van der Waals surface area contributed by atoms with Crippen LogP contribution < -0.4 is 5.73 Å². The molecule has 3 nitrogen and oxygen atoms in total. The van der Waals surface area contributed by atoms with Crippen LogP contribution in [0.3, 0.4) is 0 Å². The maximum atomic E-state index is 10.7. The van der Waals surface area contributed by atoms with Crippen molar-refractivity contribution >= 4 is 23.3 Å². The molecule has 1 aromatic rings. The summed E-state index contributed by atoms with van der Waals surface area (Å²) in [5, 5.41) is 8.75. The molecule has 13 heavy (non-hydrogen) atoms. The molecule has 0 aliphatic carbocycles. The average molecular weight is 200 g/mol. The fourth-order valence-corrected chi connectivity index (χ4v) is 1.32. The Morgan fingerprint density at radius 1 is 1.54 bits per heavy atom. The summed E-state index contributed by atoms with van der Waals surface area (Å²) >= 11 is 5.54. The zero-order valence-electron chi connectivity index (χ0n) is 6.96. The van der Waals surface area contributed by atoms with E-state index in [0.29, 0.717) is 18.0 Å². The van der Waals surface area contributed by atoms with Crippen molar-refractivity contribution in [2.24, 2.45) is 0 Å². The molecule has 0 spiro atoms. The number of aryl methyl sites for hydroxylation is 1. The van der Waals surface area contributed by atoms with Crippen molar-refractivity contribution in [1.29, 1.82) is 0 Å². The van der Waals surface area contributed by atoms with Crippen molar-refractivity contribution in [1.82, 2.24) is 0 Å². The Morgan fingerprint density at radius 3 is 2.77 bits per heavy atom. The van der Waals surface area contributed by atoms with E-state index in [4.69, 9.17) is 22.4 Å². The number of carbonyl (C=O) groups is 1. The van der Waals surface area contributed by atoms with E-state index in [1.807, 2.05) is 0 Å². The molecule has 0 amide bonds. The maximum absolute atomic E-state index is 10.7. The number of nitrogens with two attached hydrogens (primary N) is 1. The van der Waals surface area contributed by atoms with Crippen molar-refractivity contribution in [3.8, 4) is 0 Å². The number of alkyl halides is 1. The van der Waals surface area contributed by atoms with E-state index < -0.39 is 5.97 Å². The van der Waals surface area contributed by atoms with E-state index in [1.165, 1.54) is 6.07 Å². The molecule has 70 valence electrons. The number of carboxylic acids is 1. The molecule has 1 rings (SSSR count). The molecular formula is C9H10ClNO2. The molecule has 0 heterocycles. The predicted octanol–water partition coefficient (Wildman–Crippen LogP) is 1.75. The largest absolute Gasteiger partial charge is 0.478 e. The lowest BCUT2D eigenvalue weighted by Gasteiger charge is -2.05. The number of rotatable bonds is 3. The first-order valence-corrected chi connectivity index (χ1v) is 4.37. The minimum Gasteiger partial charge on any atom is -0.478 e. The number of carboxylic acid groups (broad SMARTS) is 1. The molecule has 0 fully saturated rings. The molecule has 0 saturated carbocycles. The molecular weight excluding hydrogens is 190 g/mol. The van der Waals surface area contributed by atoms with E-state index in [9.17, 15) is 4.79 Å². The maximum Gasteiger partial charge on any atom is 0.337 e. The second-order valence-corrected chi connectivity index (χ2v) is 3.00. The molecule has 0 saturated heterocycles. The minimum atomic E-state index is -1.01. The molecule has 3 N–H and O–H groups in total. The third-order valence-corrected chi connectivity index (χ3v) is 1.98. The van der Waals surface area contributed by atoms with Gasteiger partial charge in [0.1, 0.15) is 0 Å². The van der Waals surface area contributed by atoms with Crippen molar-refractivity contribution in [2.45, 2.75) is 6.42 Å². The summed E-state index contributed by atoms with van der Waals surface area (Å²) in [5.74, 6) is -0.568. The quantitative estimate of drug-likeness (QED) is 0.576. The van der Waals surface area contributed by atoms with Gasteiger partial charge in [-0.15, -0.1) is 11.6 Å². The van der Waals surface area contributed by atoms with Gasteiger partial charge in [0, 0.05) is 11.6 Å². The third-order valence-electron chi connectivity index (χ3n) is 1.79. The lowest BCUT2D eigenvalue weighted by atomic mass is 10.1. The number of anilines is 1. The zero-order valence-corrected chi connectivity index (χ0v) is 7.71. The van der Waals surface area contributed by atoms with Gasteiger partial charge in [0.05, 0.1) is 5.56 Å². The highest BCUT2D eigenvalue weighted by Crippen LogP contribution is 2.18. The predicted molar refractivity (Wildman–Crippen MR) is 52.2 cm³/mol.